The van der Waals surface area contributed by atoms with Gasteiger partial charge in [0.1, 0.15) is 5.52 Å². The van der Waals surface area contributed by atoms with Gasteiger partial charge < -0.3 is 26.2 Å². The molecule has 2 aromatic heterocycles. The molecule has 5 rings (SSSR count). The first-order chi connectivity index (χ1) is 16.8. The molecule has 1 saturated heterocycles. The van der Waals surface area contributed by atoms with Crippen molar-refractivity contribution >= 4 is 46.3 Å². The molecule has 1 aliphatic carbocycles. The average Bonchev–Trinajstić information content (AvgIpc) is 3.41. The Morgan fingerprint density at radius 3 is 2.63 bits per heavy atom. The zero-order valence-electron chi connectivity index (χ0n) is 18.5. The number of amides is 1. The Hall–Kier alpha value is -3.09. The van der Waals surface area contributed by atoms with Crippen molar-refractivity contribution in [3.8, 4) is 0 Å². The van der Waals surface area contributed by atoms with Gasteiger partial charge in [-0.2, -0.15) is 4.98 Å². The van der Waals surface area contributed by atoms with Crippen molar-refractivity contribution in [2.45, 2.75) is 43.9 Å². The fourth-order valence-corrected chi connectivity index (χ4v) is 4.75. The molecule has 0 unspecified atom stereocenters. The van der Waals surface area contributed by atoms with Crippen LogP contribution in [-0.2, 0) is 9.53 Å². The van der Waals surface area contributed by atoms with Crippen LogP contribution in [0.2, 0.25) is 5.02 Å². The van der Waals surface area contributed by atoms with Crippen molar-refractivity contribution in [1.82, 2.24) is 19.5 Å². The van der Waals surface area contributed by atoms with Gasteiger partial charge in [0.05, 0.1) is 42.3 Å². The van der Waals surface area contributed by atoms with Crippen LogP contribution in [0.25, 0.3) is 11.2 Å². The number of benzene rings is 1. The summed E-state index contributed by atoms with van der Waals surface area (Å²) in [6.45, 7) is 0.533. The summed E-state index contributed by atoms with van der Waals surface area (Å²) in [5, 5.41) is 15.7. The van der Waals surface area contributed by atoms with E-state index in [0.717, 1.165) is 0 Å². The number of fused-ring (bicyclic) bond motifs is 1. The van der Waals surface area contributed by atoms with Gasteiger partial charge in [0.25, 0.3) is 0 Å². The van der Waals surface area contributed by atoms with Crippen LogP contribution in [-0.4, -0.2) is 55.9 Å². The van der Waals surface area contributed by atoms with E-state index in [4.69, 9.17) is 22.1 Å². The molecular formula is C22H24ClF2N7O3. The molecule has 3 aromatic rings. The third kappa shape index (κ3) is 4.60. The number of carbonyl (C=O) groups excluding carboxylic acids is 1. The number of nitrogens with one attached hydrogen (secondary N) is 2. The second-order valence-electron chi connectivity index (χ2n) is 8.82. The standard InChI is InChI=1S/C22H24ClF2N7O3/c23-12-5-6-13(18(25)17(12)24)29-22-30-14-7-27-21(28-15-8-35-9-16(15)33)31-20(14)32(22)11-3-1-10(2-4-11)19(26)34/h5-7,10-11,15-16,33H,1-4,8-9H2,(H2,26,34)(H,29,30)(H,27,28,31)/t10?,11?,15-,16-/m0/s1. The van der Waals surface area contributed by atoms with E-state index in [1.54, 1.807) is 0 Å². The Morgan fingerprint density at radius 2 is 1.94 bits per heavy atom. The highest BCUT2D eigenvalue weighted by atomic mass is 35.5. The Labute approximate surface area is 203 Å². The maximum absolute atomic E-state index is 14.6. The molecule has 1 aromatic carbocycles. The summed E-state index contributed by atoms with van der Waals surface area (Å²) in [5.41, 5.74) is 6.26. The van der Waals surface area contributed by atoms with Crippen LogP contribution in [0.1, 0.15) is 31.7 Å². The predicted octanol–water partition coefficient (Wildman–Crippen LogP) is 2.89. The van der Waals surface area contributed by atoms with Crippen molar-refractivity contribution in [2.75, 3.05) is 23.8 Å². The third-order valence-corrected chi connectivity index (χ3v) is 6.84. The highest BCUT2D eigenvalue weighted by Gasteiger charge is 2.30. The van der Waals surface area contributed by atoms with E-state index in [0.29, 0.717) is 43.5 Å². The molecule has 2 fully saturated rings. The van der Waals surface area contributed by atoms with Gasteiger partial charge in [-0.25, -0.2) is 18.7 Å². The number of anilines is 3. The first-order valence-corrected chi connectivity index (χ1v) is 11.7. The number of carbonyl (C=O) groups is 1. The van der Waals surface area contributed by atoms with E-state index in [1.807, 2.05) is 4.57 Å². The molecule has 5 N–H and O–H groups in total. The van der Waals surface area contributed by atoms with Gasteiger partial charge in [-0.15, -0.1) is 0 Å². The van der Waals surface area contributed by atoms with Crippen LogP contribution >= 0.6 is 11.6 Å². The fraction of sp³-hybridized carbons (Fsp3) is 0.455. The van der Waals surface area contributed by atoms with Crippen molar-refractivity contribution < 1.29 is 23.4 Å². The molecule has 0 bridgehead atoms. The van der Waals surface area contributed by atoms with E-state index < -0.39 is 17.7 Å². The Morgan fingerprint density at radius 1 is 1.17 bits per heavy atom. The monoisotopic (exact) mass is 507 g/mol. The molecule has 3 heterocycles. The van der Waals surface area contributed by atoms with E-state index >= 15 is 0 Å². The molecule has 2 atom stereocenters. The summed E-state index contributed by atoms with van der Waals surface area (Å²) in [4.78, 5) is 25.1. The number of nitrogens with two attached hydrogens (primary N) is 1. The molecule has 186 valence electrons. The minimum Gasteiger partial charge on any atom is -0.388 e. The number of hydrogen-bond acceptors (Lipinski definition) is 8. The lowest BCUT2D eigenvalue weighted by Gasteiger charge is -2.29. The average molecular weight is 508 g/mol. The first kappa shape index (κ1) is 23.6. The number of aliphatic hydroxyl groups excluding tert-OH is 1. The van der Waals surface area contributed by atoms with Crippen molar-refractivity contribution in [3.05, 3.63) is 35.0 Å². The largest absolute Gasteiger partial charge is 0.388 e. The van der Waals surface area contributed by atoms with Crippen molar-refractivity contribution in [3.63, 3.8) is 0 Å². The zero-order chi connectivity index (χ0) is 24.7. The highest BCUT2D eigenvalue weighted by molar-refractivity contribution is 6.30. The quantitative estimate of drug-likeness (QED) is 0.373. The lowest BCUT2D eigenvalue weighted by Crippen LogP contribution is -2.32. The van der Waals surface area contributed by atoms with Crippen molar-refractivity contribution in [1.29, 1.82) is 0 Å². The number of hydrogen-bond donors (Lipinski definition) is 4. The second kappa shape index (κ2) is 9.51. The topological polar surface area (TPSA) is 140 Å². The van der Waals surface area contributed by atoms with Crippen LogP contribution in [0.15, 0.2) is 18.3 Å². The number of imidazole rings is 1. The number of ether oxygens (including phenoxy) is 1. The van der Waals surface area contributed by atoms with E-state index in [-0.39, 0.29) is 53.1 Å². The van der Waals surface area contributed by atoms with E-state index in [2.05, 4.69) is 25.6 Å². The summed E-state index contributed by atoms with van der Waals surface area (Å²) in [7, 11) is 0. The minimum absolute atomic E-state index is 0.124. The maximum atomic E-state index is 14.6. The SMILES string of the molecule is NC(=O)C1CCC(n2c(Nc3ccc(Cl)c(F)c3F)nc3cnc(N[C@H]4COC[C@@H]4O)nc32)CC1. The molecule has 1 aliphatic heterocycles. The molecule has 1 amide bonds. The Kier molecular flexibility index (Phi) is 6.43. The Bertz CT molecular complexity index is 1270. The van der Waals surface area contributed by atoms with Gasteiger partial charge in [0, 0.05) is 12.0 Å². The number of rotatable bonds is 6. The van der Waals surface area contributed by atoms with Gasteiger partial charge >= 0.3 is 0 Å². The maximum Gasteiger partial charge on any atom is 0.225 e. The number of halogens is 3. The molecule has 1 saturated carbocycles. The number of nitrogens with zero attached hydrogens (tertiary/aromatic N) is 4. The summed E-state index contributed by atoms with van der Waals surface area (Å²) in [5.74, 6) is -2.31. The van der Waals surface area contributed by atoms with Gasteiger partial charge in [0.2, 0.25) is 17.8 Å². The van der Waals surface area contributed by atoms with Gasteiger partial charge in [0.15, 0.2) is 17.3 Å². The summed E-state index contributed by atoms with van der Waals surface area (Å²) in [6, 6.07) is 2.10. The van der Waals surface area contributed by atoms with Gasteiger partial charge in [-0.05, 0) is 37.8 Å². The number of aliphatic hydroxyl groups is 1. The summed E-state index contributed by atoms with van der Waals surface area (Å²) < 4.78 is 35.7. The second-order valence-corrected chi connectivity index (χ2v) is 9.23. The molecule has 2 aliphatic rings. The highest BCUT2D eigenvalue weighted by Crippen LogP contribution is 2.37. The number of aromatic nitrogens is 4. The van der Waals surface area contributed by atoms with Crippen LogP contribution in [0, 0.1) is 17.6 Å². The lowest BCUT2D eigenvalue weighted by molar-refractivity contribution is -0.122. The molecule has 10 nitrogen and oxygen atoms in total. The van der Waals surface area contributed by atoms with E-state index in [1.165, 1.54) is 18.3 Å². The zero-order valence-corrected chi connectivity index (χ0v) is 19.3. The normalized spacial score (nSPS) is 24.6. The lowest BCUT2D eigenvalue weighted by atomic mass is 9.85. The predicted molar refractivity (Wildman–Crippen MR) is 124 cm³/mol. The van der Waals surface area contributed by atoms with Crippen LogP contribution in [0.4, 0.5) is 26.4 Å². The van der Waals surface area contributed by atoms with Gasteiger partial charge in [-0.3, -0.25) is 9.36 Å². The van der Waals surface area contributed by atoms with Gasteiger partial charge in [-0.1, -0.05) is 11.6 Å². The minimum atomic E-state index is -1.16. The molecule has 0 radical (unpaired) electrons. The smallest absolute Gasteiger partial charge is 0.225 e. The summed E-state index contributed by atoms with van der Waals surface area (Å²) >= 11 is 5.69. The molecular weight excluding hydrogens is 484 g/mol. The van der Waals surface area contributed by atoms with Crippen LogP contribution in [0.5, 0.6) is 0 Å². The molecule has 0 spiro atoms. The molecule has 35 heavy (non-hydrogen) atoms. The number of primary amides is 1. The van der Waals surface area contributed by atoms with Crippen LogP contribution in [0.3, 0.4) is 0 Å². The Balaban J connectivity index is 1.53. The van der Waals surface area contributed by atoms with E-state index in [9.17, 15) is 18.7 Å². The van der Waals surface area contributed by atoms with Crippen LogP contribution < -0.4 is 16.4 Å². The third-order valence-electron chi connectivity index (χ3n) is 6.54. The summed E-state index contributed by atoms with van der Waals surface area (Å²) in [6.07, 6.45) is 3.24. The fourth-order valence-electron chi connectivity index (χ4n) is 4.60. The first-order valence-electron chi connectivity index (χ1n) is 11.3. The van der Waals surface area contributed by atoms with Crippen molar-refractivity contribution in [2.24, 2.45) is 11.7 Å². The molecule has 13 heteroatoms.